The summed E-state index contributed by atoms with van der Waals surface area (Å²) >= 11 is 0. The van der Waals surface area contributed by atoms with E-state index in [2.05, 4.69) is 5.32 Å². The van der Waals surface area contributed by atoms with Gasteiger partial charge in [-0.05, 0) is 20.3 Å². The van der Waals surface area contributed by atoms with Gasteiger partial charge in [0.15, 0.2) is 0 Å². The molecule has 0 aromatic carbocycles. The maximum absolute atomic E-state index is 11.4. The van der Waals surface area contributed by atoms with Gasteiger partial charge in [-0.3, -0.25) is 9.59 Å². The lowest BCUT2D eigenvalue weighted by atomic mass is 10.3. The second kappa shape index (κ2) is 7.23. The van der Waals surface area contributed by atoms with E-state index in [1.807, 2.05) is 6.92 Å². The maximum atomic E-state index is 11.4. The van der Waals surface area contributed by atoms with Crippen LogP contribution in [0, 0.1) is 0 Å². The molecule has 0 saturated carbocycles. The molecule has 0 saturated heterocycles. The van der Waals surface area contributed by atoms with Gasteiger partial charge in [0.05, 0.1) is 0 Å². The van der Waals surface area contributed by atoms with Gasteiger partial charge in [0, 0.05) is 6.61 Å². The van der Waals surface area contributed by atoms with Gasteiger partial charge >= 0.3 is 5.97 Å². The number of carboxylic acids is 1. The predicted octanol–water partition coefficient (Wildman–Crippen LogP) is 0.781. The SMILES string of the molecule is CCCCOC(C)C(=O)N[C@@H](C)C(=O)O. The Labute approximate surface area is 89.8 Å². The van der Waals surface area contributed by atoms with Crippen molar-refractivity contribution in [2.45, 2.75) is 45.8 Å². The molecule has 2 N–H and O–H groups in total. The van der Waals surface area contributed by atoms with Gasteiger partial charge in [-0.15, -0.1) is 0 Å². The van der Waals surface area contributed by atoms with Gasteiger partial charge in [0.1, 0.15) is 12.1 Å². The molecule has 88 valence electrons. The summed E-state index contributed by atoms with van der Waals surface area (Å²) in [4.78, 5) is 21.8. The van der Waals surface area contributed by atoms with Crippen LogP contribution in [-0.2, 0) is 14.3 Å². The normalized spacial score (nSPS) is 14.3. The lowest BCUT2D eigenvalue weighted by Gasteiger charge is -2.15. The molecule has 2 atom stereocenters. The van der Waals surface area contributed by atoms with E-state index in [9.17, 15) is 9.59 Å². The van der Waals surface area contributed by atoms with Crippen molar-refractivity contribution < 1.29 is 19.4 Å². The predicted molar refractivity (Wildman–Crippen MR) is 55.6 cm³/mol. The monoisotopic (exact) mass is 217 g/mol. The lowest BCUT2D eigenvalue weighted by Crippen LogP contribution is -2.43. The van der Waals surface area contributed by atoms with Crippen molar-refractivity contribution in [3.63, 3.8) is 0 Å². The number of ether oxygens (including phenoxy) is 1. The van der Waals surface area contributed by atoms with Crippen LogP contribution >= 0.6 is 0 Å². The number of carbonyl (C=O) groups excluding carboxylic acids is 1. The highest BCUT2D eigenvalue weighted by Gasteiger charge is 2.18. The third kappa shape index (κ3) is 6.06. The van der Waals surface area contributed by atoms with Crippen LogP contribution < -0.4 is 5.32 Å². The summed E-state index contributed by atoms with van der Waals surface area (Å²) in [6.07, 6.45) is 1.30. The maximum Gasteiger partial charge on any atom is 0.325 e. The van der Waals surface area contributed by atoms with E-state index in [1.165, 1.54) is 6.92 Å². The van der Waals surface area contributed by atoms with E-state index in [-0.39, 0.29) is 5.91 Å². The molecule has 5 heteroatoms. The van der Waals surface area contributed by atoms with Crippen molar-refractivity contribution in [2.24, 2.45) is 0 Å². The fraction of sp³-hybridized carbons (Fsp3) is 0.800. The molecule has 1 amide bonds. The van der Waals surface area contributed by atoms with E-state index < -0.39 is 18.1 Å². The van der Waals surface area contributed by atoms with Gasteiger partial charge in [-0.2, -0.15) is 0 Å². The first-order valence-electron chi connectivity index (χ1n) is 5.13. The number of carboxylic acid groups (broad SMARTS) is 1. The Morgan fingerprint density at radius 2 is 2.00 bits per heavy atom. The van der Waals surface area contributed by atoms with E-state index in [4.69, 9.17) is 9.84 Å². The molecule has 0 aromatic rings. The molecule has 15 heavy (non-hydrogen) atoms. The molecule has 1 unspecified atom stereocenters. The Kier molecular flexibility index (Phi) is 6.70. The van der Waals surface area contributed by atoms with Crippen LogP contribution in [0.2, 0.25) is 0 Å². The minimum absolute atomic E-state index is 0.388. The molecule has 0 spiro atoms. The number of hydrogen-bond donors (Lipinski definition) is 2. The Balaban J connectivity index is 3.83. The van der Waals surface area contributed by atoms with E-state index in [0.717, 1.165) is 12.8 Å². The van der Waals surface area contributed by atoms with Crippen LogP contribution in [0.4, 0.5) is 0 Å². The first-order chi connectivity index (χ1) is 6.99. The summed E-state index contributed by atoms with van der Waals surface area (Å²) in [7, 11) is 0. The molecule has 5 nitrogen and oxygen atoms in total. The summed E-state index contributed by atoms with van der Waals surface area (Å²) in [5, 5.41) is 10.9. The minimum Gasteiger partial charge on any atom is -0.480 e. The lowest BCUT2D eigenvalue weighted by molar-refractivity contribution is -0.143. The van der Waals surface area contributed by atoms with Crippen molar-refractivity contribution >= 4 is 11.9 Å². The van der Waals surface area contributed by atoms with Gasteiger partial charge < -0.3 is 15.2 Å². The second-order valence-electron chi connectivity index (χ2n) is 3.44. The summed E-state index contributed by atoms with van der Waals surface area (Å²) in [5.74, 6) is -1.44. The van der Waals surface area contributed by atoms with Crippen LogP contribution in [-0.4, -0.2) is 35.7 Å². The molecule has 0 bridgehead atoms. The quantitative estimate of drug-likeness (QED) is 0.618. The summed E-state index contributed by atoms with van der Waals surface area (Å²) < 4.78 is 5.22. The standard InChI is InChI=1S/C10H19NO4/c1-4-5-6-15-8(3)9(12)11-7(2)10(13)14/h7-8H,4-6H2,1-3H3,(H,11,12)(H,13,14)/t7-,8?/m0/s1. The number of rotatable bonds is 7. The topological polar surface area (TPSA) is 75.6 Å². The molecule has 0 aliphatic carbocycles. The van der Waals surface area contributed by atoms with Crippen molar-refractivity contribution in [3.05, 3.63) is 0 Å². The molecule has 0 rings (SSSR count). The highest BCUT2D eigenvalue weighted by Crippen LogP contribution is 1.96. The number of carbonyl (C=O) groups is 2. The molecule has 0 aliphatic rings. The molecular formula is C10H19NO4. The highest BCUT2D eigenvalue weighted by atomic mass is 16.5. The Morgan fingerprint density at radius 1 is 1.40 bits per heavy atom. The Morgan fingerprint density at radius 3 is 2.47 bits per heavy atom. The van der Waals surface area contributed by atoms with Gasteiger partial charge in [-0.25, -0.2) is 0 Å². The summed E-state index contributed by atoms with van der Waals surface area (Å²) in [6, 6.07) is -0.880. The molecule has 0 heterocycles. The zero-order chi connectivity index (χ0) is 11.8. The van der Waals surface area contributed by atoms with Crippen LogP contribution in [0.25, 0.3) is 0 Å². The average Bonchev–Trinajstić information content (AvgIpc) is 2.17. The first kappa shape index (κ1) is 13.9. The number of amides is 1. The van der Waals surface area contributed by atoms with Crippen molar-refractivity contribution in [2.75, 3.05) is 6.61 Å². The molecule has 0 aromatic heterocycles. The zero-order valence-electron chi connectivity index (χ0n) is 9.45. The van der Waals surface area contributed by atoms with Crippen molar-refractivity contribution in [1.82, 2.24) is 5.32 Å². The van der Waals surface area contributed by atoms with Crippen LogP contribution in [0.5, 0.6) is 0 Å². The van der Waals surface area contributed by atoms with Crippen molar-refractivity contribution in [3.8, 4) is 0 Å². The fourth-order valence-corrected chi connectivity index (χ4v) is 0.873. The Hall–Kier alpha value is -1.10. The van der Waals surface area contributed by atoms with Crippen LogP contribution in [0.3, 0.4) is 0 Å². The smallest absolute Gasteiger partial charge is 0.325 e. The molecule has 0 radical (unpaired) electrons. The fourth-order valence-electron chi connectivity index (χ4n) is 0.873. The van der Waals surface area contributed by atoms with Gasteiger partial charge in [0.25, 0.3) is 0 Å². The number of aliphatic carboxylic acids is 1. The second-order valence-corrected chi connectivity index (χ2v) is 3.44. The van der Waals surface area contributed by atoms with Crippen molar-refractivity contribution in [1.29, 1.82) is 0 Å². The molecule has 0 fully saturated rings. The summed E-state index contributed by atoms with van der Waals surface area (Å²) in [5.41, 5.74) is 0. The highest BCUT2D eigenvalue weighted by molar-refractivity contribution is 5.85. The third-order valence-electron chi connectivity index (χ3n) is 1.96. The third-order valence-corrected chi connectivity index (χ3v) is 1.96. The van der Waals surface area contributed by atoms with Gasteiger partial charge in [0.2, 0.25) is 5.91 Å². The zero-order valence-corrected chi connectivity index (χ0v) is 9.45. The van der Waals surface area contributed by atoms with Crippen LogP contribution in [0.1, 0.15) is 33.6 Å². The first-order valence-corrected chi connectivity index (χ1v) is 5.13. The molecular weight excluding hydrogens is 198 g/mol. The van der Waals surface area contributed by atoms with E-state index >= 15 is 0 Å². The Bertz CT molecular complexity index is 217. The van der Waals surface area contributed by atoms with Crippen LogP contribution in [0.15, 0.2) is 0 Å². The average molecular weight is 217 g/mol. The number of nitrogens with one attached hydrogen (secondary N) is 1. The summed E-state index contributed by atoms with van der Waals surface area (Å²) in [6.45, 7) is 5.58. The van der Waals surface area contributed by atoms with E-state index in [0.29, 0.717) is 6.61 Å². The minimum atomic E-state index is -1.05. The van der Waals surface area contributed by atoms with Gasteiger partial charge in [-0.1, -0.05) is 13.3 Å². The number of unbranched alkanes of at least 4 members (excludes halogenated alkanes) is 1. The largest absolute Gasteiger partial charge is 0.480 e. The number of hydrogen-bond acceptors (Lipinski definition) is 3. The molecule has 0 aliphatic heterocycles. The van der Waals surface area contributed by atoms with E-state index in [1.54, 1.807) is 6.92 Å².